The Morgan fingerprint density at radius 3 is 2.79 bits per heavy atom. The van der Waals surface area contributed by atoms with E-state index in [0.29, 0.717) is 34.2 Å². The third-order valence-electron chi connectivity index (χ3n) is 5.96. The number of anilines is 1. The van der Waals surface area contributed by atoms with Gasteiger partial charge in [-0.2, -0.15) is 5.26 Å². The van der Waals surface area contributed by atoms with Crippen LogP contribution in [0.2, 0.25) is 0 Å². The number of rotatable bonds is 8. The van der Waals surface area contributed by atoms with E-state index in [2.05, 4.69) is 33.6 Å². The maximum atomic E-state index is 14.1. The van der Waals surface area contributed by atoms with Crippen molar-refractivity contribution >= 4 is 22.6 Å². The number of hydrogen-bond donors (Lipinski definition) is 3. The van der Waals surface area contributed by atoms with Crippen molar-refractivity contribution in [1.82, 2.24) is 19.9 Å². The van der Waals surface area contributed by atoms with Gasteiger partial charge in [0.2, 0.25) is 0 Å². The van der Waals surface area contributed by atoms with E-state index in [1.54, 1.807) is 16.7 Å². The molecular weight excluding hydrogens is 423 g/mol. The minimum absolute atomic E-state index is 0.162. The second kappa shape index (κ2) is 8.79. The molecule has 0 saturated heterocycles. The lowest BCUT2D eigenvalue weighted by atomic mass is 10.0. The van der Waals surface area contributed by atoms with Crippen LogP contribution in [-0.2, 0) is 0 Å². The van der Waals surface area contributed by atoms with Gasteiger partial charge >= 0.3 is 0 Å². The predicted molar refractivity (Wildman–Crippen MR) is 123 cm³/mol. The van der Waals surface area contributed by atoms with Gasteiger partial charge in [-0.3, -0.25) is 9.36 Å². The molecule has 8 nitrogen and oxygen atoms in total. The fourth-order valence-corrected chi connectivity index (χ4v) is 3.63. The van der Waals surface area contributed by atoms with Crippen molar-refractivity contribution in [3.63, 3.8) is 0 Å². The highest BCUT2D eigenvalue weighted by Gasteiger charge is 2.30. The van der Waals surface area contributed by atoms with Gasteiger partial charge in [0.05, 0.1) is 29.0 Å². The number of alkyl halides is 1. The van der Waals surface area contributed by atoms with E-state index in [9.17, 15) is 14.3 Å². The first-order valence-electron chi connectivity index (χ1n) is 11.0. The van der Waals surface area contributed by atoms with Crippen LogP contribution in [0.5, 0.6) is 0 Å². The summed E-state index contributed by atoms with van der Waals surface area (Å²) in [7, 11) is 0. The number of carbonyl (C=O) groups excluding carboxylic acids is 1. The number of carbonyl (C=O) groups is 1. The lowest BCUT2D eigenvalue weighted by Gasteiger charge is -2.23. The van der Waals surface area contributed by atoms with Gasteiger partial charge in [-0.1, -0.05) is 0 Å². The molecule has 33 heavy (non-hydrogen) atoms. The van der Waals surface area contributed by atoms with Crippen LogP contribution in [0, 0.1) is 17.2 Å². The van der Waals surface area contributed by atoms with Crippen molar-refractivity contribution in [3.8, 4) is 11.9 Å². The van der Waals surface area contributed by atoms with Gasteiger partial charge in [0.25, 0.3) is 5.91 Å². The predicted octanol–water partition coefficient (Wildman–Crippen LogP) is 3.34. The second-order valence-electron chi connectivity index (χ2n) is 9.12. The largest absolute Gasteiger partial charge is 0.387 e. The van der Waals surface area contributed by atoms with Crippen molar-refractivity contribution in [2.24, 2.45) is 5.92 Å². The molecule has 1 aliphatic carbocycles. The number of aromatic nitrogens is 3. The molecule has 2 atom stereocenters. The van der Waals surface area contributed by atoms with E-state index >= 15 is 0 Å². The molecule has 1 fully saturated rings. The topological polar surface area (TPSA) is 116 Å². The quantitative estimate of drug-likeness (QED) is 0.485. The number of nitrogens with one attached hydrogen (secondary N) is 2. The minimum atomic E-state index is -1.61. The molecule has 172 valence electrons. The summed E-state index contributed by atoms with van der Waals surface area (Å²) in [6, 6.07) is 7.62. The van der Waals surface area contributed by atoms with E-state index in [-0.39, 0.29) is 12.6 Å². The second-order valence-corrected chi connectivity index (χ2v) is 9.12. The molecule has 1 amide bonds. The zero-order valence-electron chi connectivity index (χ0n) is 18.8. The molecule has 0 bridgehead atoms. The molecule has 1 unspecified atom stereocenters. The first-order chi connectivity index (χ1) is 15.7. The monoisotopic (exact) mass is 450 g/mol. The highest BCUT2D eigenvalue weighted by molar-refractivity contribution is 5.99. The number of fused-ring (bicyclic) bond motifs is 1. The maximum absolute atomic E-state index is 14.1. The molecule has 1 aliphatic rings. The SMILES string of the molecule is C[C@@H](Nc1cc(-n2ccc3cc(C#N)cnc32)ncc1C(=O)NCC(F)C(C)(C)O)C1CC1. The normalized spacial score (nSPS) is 15.6. The van der Waals surface area contributed by atoms with Gasteiger partial charge in [-0.25, -0.2) is 14.4 Å². The summed E-state index contributed by atoms with van der Waals surface area (Å²) in [6.45, 7) is 4.48. The van der Waals surface area contributed by atoms with Crippen LogP contribution in [0.25, 0.3) is 16.9 Å². The van der Waals surface area contributed by atoms with E-state index in [1.807, 2.05) is 12.3 Å². The third kappa shape index (κ3) is 4.96. The smallest absolute Gasteiger partial charge is 0.255 e. The highest BCUT2D eigenvalue weighted by Crippen LogP contribution is 2.35. The Kier molecular flexibility index (Phi) is 6.04. The summed E-state index contributed by atoms with van der Waals surface area (Å²) in [5.41, 5.74) is 0.449. The maximum Gasteiger partial charge on any atom is 0.255 e. The molecule has 9 heteroatoms. The number of amides is 1. The molecule has 0 aliphatic heterocycles. The van der Waals surface area contributed by atoms with Crippen molar-refractivity contribution < 1.29 is 14.3 Å². The van der Waals surface area contributed by atoms with Crippen LogP contribution in [0.3, 0.4) is 0 Å². The van der Waals surface area contributed by atoms with E-state index in [4.69, 9.17) is 5.26 Å². The number of nitriles is 1. The summed E-state index contributed by atoms with van der Waals surface area (Å²) in [6.07, 6.45) is 5.44. The number of halogens is 1. The summed E-state index contributed by atoms with van der Waals surface area (Å²) in [5, 5.41) is 25.7. The first-order valence-corrected chi connectivity index (χ1v) is 11.0. The molecule has 3 aromatic heterocycles. The molecular formula is C24H27FN6O2. The average molecular weight is 451 g/mol. The molecule has 3 N–H and O–H groups in total. The Balaban J connectivity index is 1.65. The Morgan fingerprint density at radius 2 is 2.12 bits per heavy atom. The molecule has 1 saturated carbocycles. The van der Waals surface area contributed by atoms with Crippen LogP contribution >= 0.6 is 0 Å². The molecule has 0 aromatic carbocycles. The van der Waals surface area contributed by atoms with Gasteiger partial charge in [0.15, 0.2) is 0 Å². The van der Waals surface area contributed by atoms with Gasteiger partial charge < -0.3 is 15.7 Å². The zero-order chi connectivity index (χ0) is 23.8. The van der Waals surface area contributed by atoms with Gasteiger partial charge in [-0.05, 0) is 51.7 Å². The van der Waals surface area contributed by atoms with Crippen LogP contribution in [0.4, 0.5) is 10.1 Å². The lowest BCUT2D eigenvalue weighted by molar-refractivity contribution is -0.00177. The Labute approximate surface area is 191 Å². The standard InChI is InChI=1S/C24H27FN6O2/c1-14(16-4-5-16)30-19-9-21(31-7-6-17-8-15(10-26)11-28-22(17)31)27-12-18(19)23(32)29-13-20(25)24(2,3)33/h6-9,11-12,14,16,20,33H,4-5,13H2,1-3H3,(H,27,30)(H,29,32)/t14-,20?/m1/s1. The Hall–Kier alpha value is -3.51. The van der Waals surface area contributed by atoms with Crippen LogP contribution in [0.15, 0.2) is 36.8 Å². The summed E-state index contributed by atoms with van der Waals surface area (Å²) in [4.78, 5) is 21.7. The summed E-state index contributed by atoms with van der Waals surface area (Å²) < 4.78 is 15.9. The summed E-state index contributed by atoms with van der Waals surface area (Å²) in [5.74, 6) is 0.631. The van der Waals surface area contributed by atoms with Crippen molar-refractivity contribution in [2.75, 3.05) is 11.9 Å². The average Bonchev–Trinajstić information content (AvgIpc) is 3.55. The first kappa shape index (κ1) is 22.7. The van der Waals surface area contributed by atoms with Crippen molar-refractivity contribution in [2.45, 2.75) is 51.4 Å². The summed E-state index contributed by atoms with van der Waals surface area (Å²) >= 11 is 0. The fourth-order valence-electron chi connectivity index (χ4n) is 3.63. The minimum Gasteiger partial charge on any atom is -0.387 e. The van der Waals surface area contributed by atoms with Gasteiger partial charge in [0, 0.05) is 36.1 Å². The third-order valence-corrected chi connectivity index (χ3v) is 5.96. The number of hydrogen-bond acceptors (Lipinski definition) is 6. The number of aliphatic hydroxyl groups is 1. The number of pyridine rings is 2. The van der Waals surface area contributed by atoms with Crippen LogP contribution in [0.1, 0.15) is 49.5 Å². The van der Waals surface area contributed by atoms with E-state index in [1.165, 1.54) is 26.2 Å². The van der Waals surface area contributed by atoms with Gasteiger partial charge in [-0.15, -0.1) is 0 Å². The Bertz CT molecular complexity index is 1220. The van der Waals surface area contributed by atoms with Gasteiger partial charge in [0.1, 0.15) is 23.7 Å². The zero-order valence-corrected chi connectivity index (χ0v) is 18.8. The fraction of sp³-hybridized carbons (Fsp3) is 0.417. The molecule has 4 rings (SSSR count). The van der Waals surface area contributed by atoms with Crippen LogP contribution < -0.4 is 10.6 Å². The molecule has 0 spiro atoms. The van der Waals surface area contributed by atoms with E-state index < -0.39 is 17.7 Å². The molecule has 3 aromatic rings. The van der Waals surface area contributed by atoms with Crippen LogP contribution in [-0.4, -0.2) is 49.9 Å². The van der Waals surface area contributed by atoms with E-state index in [0.717, 1.165) is 18.2 Å². The van der Waals surface area contributed by atoms with Crippen molar-refractivity contribution in [1.29, 1.82) is 5.26 Å². The lowest BCUT2D eigenvalue weighted by Crippen LogP contribution is -2.42. The number of nitrogens with zero attached hydrogens (tertiary/aromatic N) is 4. The Morgan fingerprint density at radius 1 is 1.36 bits per heavy atom. The molecule has 3 heterocycles. The highest BCUT2D eigenvalue weighted by atomic mass is 19.1. The molecule has 0 radical (unpaired) electrons. The van der Waals surface area contributed by atoms with Crippen molar-refractivity contribution in [3.05, 3.63) is 47.9 Å².